The van der Waals surface area contributed by atoms with Gasteiger partial charge in [-0.05, 0) is 12.8 Å². The summed E-state index contributed by atoms with van der Waals surface area (Å²) in [5.41, 5.74) is 0. The zero-order valence-corrected chi connectivity index (χ0v) is 13.1. The van der Waals surface area contributed by atoms with Crippen molar-refractivity contribution in [3.05, 3.63) is 0 Å². The minimum atomic E-state index is 0.0833. The fourth-order valence-electron chi connectivity index (χ4n) is 0.798. The third-order valence-corrected chi connectivity index (χ3v) is 1.62. The van der Waals surface area contributed by atoms with Crippen molar-refractivity contribution in [3.63, 3.8) is 0 Å². The Labute approximate surface area is 108 Å². The second kappa shape index (κ2) is 17.8. The maximum absolute atomic E-state index is 10.9. The lowest BCUT2D eigenvalue weighted by Gasteiger charge is -2.15. The van der Waals surface area contributed by atoms with Crippen LogP contribution < -0.4 is 5.32 Å². The van der Waals surface area contributed by atoms with Gasteiger partial charge in [-0.2, -0.15) is 0 Å². The van der Waals surface area contributed by atoms with Crippen LogP contribution in [0.15, 0.2) is 0 Å². The highest BCUT2D eigenvalue weighted by Crippen LogP contribution is 1.96. The average Bonchev–Trinajstić information content (AvgIpc) is 2.38. The van der Waals surface area contributed by atoms with Gasteiger partial charge >= 0.3 is 0 Å². The number of ether oxygens (including phenoxy) is 1. The Hall–Kier alpha value is -0.570. The first-order valence-corrected chi connectivity index (χ1v) is 6.94. The predicted molar refractivity (Wildman–Crippen MR) is 76.2 cm³/mol. The van der Waals surface area contributed by atoms with E-state index in [1.54, 1.807) is 0 Å². The molecule has 0 aliphatic carbocycles. The summed E-state index contributed by atoms with van der Waals surface area (Å²) in [7, 11) is 0. The molecule has 0 rings (SSSR count). The Morgan fingerprint density at radius 1 is 1.12 bits per heavy atom. The predicted octanol–water partition coefficient (Wildman–Crippen LogP) is 3.63. The molecule has 106 valence electrons. The van der Waals surface area contributed by atoms with Gasteiger partial charge in [0.25, 0.3) is 0 Å². The Morgan fingerprint density at radius 3 is 1.94 bits per heavy atom. The van der Waals surface area contributed by atoms with Gasteiger partial charge in [0.1, 0.15) is 0 Å². The van der Waals surface area contributed by atoms with Gasteiger partial charge < -0.3 is 10.1 Å². The van der Waals surface area contributed by atoms with Crippen LogP contribution in [0.3, 0.4) is 0 Å². The van der Waals surface area contributed by atoms with Crippen LogP contribution in [-0.2, 0) is 9.53 Å². The molecule has 0 aromatic rings. The van der Waals surface area contributed by atoms with Gasteiger partial charge in [0.2, 0.25) is 5.91 Å². The molecule has 1 unspecified atom stereocenters. The number of nitrogens with one attached hydrogen (secondary N) is 1. The number of carbonyl (C=O) groups excluding carboxylic acids is 1. The number of hydrogen-bond donors (Lipinski definition) is 1. The molecule has 0 radical (unpaired) electrons. The smallest absolute Gasteiger partial charge is 0.219 e. The number of carbonyl (C=O) groups is 1. The molecule has 0 aromatic heterocycles. The Balaban J connectivity index is -0.000000439. The first-order chi connectivity index (χ1) is 8.06. The molecule has 0 saturated heterocycles. The van der Waals surface area contributed by atoms with Crippen LogP contribution >= 0.6 is 0 Å². The minimum absolute atomic E-state index is 0.0833. The second-order valence-corrected chi connectivity index (χ2v) is 3.70. The van der Waals surface area contributed by atoms with Gasteiger partial charge in [-0.1, -0.05) is 48.5 Å². The monoisotopic (exact) mass is 247 g/mol. The van der Waals surface area contributed by atoms with Crippen LogP contribution in [0, 0.1) is 5.92 Å². The van der Waals surface area contributed by atoms with Crippen molar-refractivity contribution in [1.82, 2.24) is 5.32 Å². The summed E-state index contributed by atoms with van der Waals surface area (Å²) in [5.74, 6) is 0.629. The normalized spacial score (nSPS) is 10.6. The SMILES string of the molecule is CC.CC.CCC(=O)NCC(C)OCC(C)C. The van der Waals surface area contributed by atoms with E-state index in [-0.39, 0.29) is 12.0 Å². The quantitative estimate of drug-likeness (QED) is 0.778. The van der Waals surface area contributed by atoms with Gasteiger partial charge in [-0.3, -0.25) is 4.79 Å². The van der Waals surface area contributed by atoms with E-state index in [4.69, 9.17) is 4.74 Å². The molecule has 17 heavy (non-hydrogen) atoms. The maximum Gasteiger partial charge on any atom is 0.219 e. The molecule has 0 aromatic carbocycles. The number of hydrogen-bond acceptors (Lipinski definition) is 2. The third-order valence-electron chi connectivity index (χ3n) is 1.62. The van der Waals surface area contributed by atoms with E-state index >= 15 is 0 Å². The van der Waals surface area contributed by atoms with E-state index in [0.717, 1.165) is 6.61 Å². The van der Waals surface area contributed by atoms with Gasteiger partial charge in [-0.25, -0.2) is 0 Å². The lowest BCUT2D eigenvalue weighted by atomic mass is 10.2. The van der Waals surface area contributed by atoms with Crippen molar-refractivity contribution < 1.29 is 9.53 Å². The van der Waals surface area contributed by atoms with Crippen molar-refractivity contribution >= 4 is 5.91 Å². The zero-order chi connectivity index (χ0) is 14.3. The van der Waals surface area contributed by atoms with E-state index < -0.39 is 0 Å². The zero-order valence-electron chi connectivity index (χ0n) is 13.1. The largest absolute Gasteiger partial charge is 0.376 e. The fraction of sp³-hybridized carbons (Fsp3) is 0.929. The van der Waals surface area contributed by atoms with Crippen molar-refractivity contribution in [1.29, 1.82) is 0 Å². The van der Waals surface area contributed by atoms with Crippen molar-refractivity contribution in [2.24, 2.45) is 5.92 Å². The highest BCUT2D eigenvalue weighted by molar-refractivity contribution is 5.75. The fourth-order valence-corrected chi connectivity index (χ4v) is 0.798. The maximum atomic E-state index is 10.9. The molecular weight excluding hydrogens is 214 g/mol. The Kier molecular flexibility index (Phi) is 22.7. The van der Waals surface area contributed by atoms with E-state index in [1.807, 2.05) is 41.5 Å². The summed E-state index contributed by atoms with van der Waals surface area (Å²) in [6.45, 7) is 17.4. The van der Waals surface area contributed by atoms with Gasteiger partial charge in [0, 0.05) is 19.6 Å². The molecule has 0 saturated carbocycles. The van der Waals surface area contributed by atoms with Crippen molar-refractivity contribution in [2.75, 3.05) is 13.2 Å². The highest BCUT2D eigenvalue weighted by Gasteiger charge is 2.04. The third kappa shape index (κ3) is 21.3. The Morgan fingerprint density at radius 2 is 1.59 bits per heavy atom. The molecule has 0 spiro atoms. The van der Waals surface area contributed by atoms with E-state index in [9.17, 15) is 4.79 Å². The number of rotatable bonds is 6. The lowest BCUT2D eigenvalue weighted by Crippen LogP contribution is -2.32. The van der Waals surface area contributed by atoms with Crippen LogP contribution in [-0.4, -0.2) is 25.2 Å². The van der Waals surface area contributed by atoms with Gasteiger partial charge in [0.15, 0.2) is 0 Å². The molecule has 0 fully saturated rings. The first kappa shape index (κ1) is 21.7. The summed E-state index contributed by atoms with van der Waals surface area (Å²) in [4.78, 5) is 10.9. The van der Waals surface area contributed by atoms with Crippen LogP contribution in [0.5, 0.6) is 0 Å². The van der Waals surface area contributed by atoms with E-state index in [1.165, 1.54) is 0 Å². The molecule has 0 bridgehead atoms. The molecule has 1 atom stereocenters. The first-order valence-electron chi connectivity index (χ1n) is 6.94. The van der Waals surface area contributed by atoms with Gasteiger partial charge in [0.05, 0.1) is 6.10 Å². The van der Waals surface area contributed by atoms with Crippen LogP contribution in [0.2, 0.25) is 0 Å². The molecule has 0 aliphatic rings. The van der Waals surface area contributed by atoms with Crippen molar-refractivity contribution in [2.45, 2.75) is 67.9 Å². The Bertz CT molecular complexity index is 147. The second-order valence-electron chi connectivity index (χ2n) is 3.70. The highest BCUT2D eigenvalue weighted by atomic mass is 16.5. The summed E-state index contributed by atoms with van der Waals surface area (Å²) < 4.78 is 5.48. The van der Waals surface area contributed by atoms with Crippen LogP contribution in [0.25, 0.3) is 0 Å². The molecule has 3 nitrogen and oxygen atoms in total. The minimum Gasteiger partial charge on any atom is -0.376 e. The van der Waals surface area contributed by atoms with Crippen molar-refractivity contribution in [3.8, 4) is 0 Å². The molecule has 0 heterocycles. The number of amides is 1. The summed E-state index contributed by atoms with van der Waals surface area (Å²) in [6.07, 6.45) is 0.648. The average molecular weight is 247 g/mol. The van der Waals surface area contributed by atoms with Crippen LogP contribution in [0.4, 0.5) is 0 Å². The lowest BCUT2D eigenvalue weighted by molar-refractivity contribution is -0.121. The standard InChI is InChI=1S/C10H21NO2.2C2H6/c1-5-10(12)11-6-9(4)13-7-8(2)3;2*1-2/h8-9H,5-7H2,1-4H3,(H,11,12);2*1-2H3. The molecule has 0 aliphatic heterocycles. The summed E-state index contributed by atoms with van der Waals surface area (Å²) in [6, 6.07) is 0. The van der Waals surface area contributed by atoms with Crippen LogP contribution in [0.1, 0.15) is 61.8 Å². The summed E-state index contributed by atoms with van der Waals surface area (Å²) >= 11 is 0. The van der Waals surface area contributed by atoms with Gasteiger partial charge in [-0.15, -0.1) is 0 Å². The molecular formula is C14H33NO2. The molecule has 1 amide bonds. The van der Waals surface area contributed by atoms with E-state index in [0.29, 0.717) is 18.9 Å². The molecule has 3 heteroatoms. The summed E-state index contributed by atoms with van der Waals surface area (Å²) in [5, 5.41) is 2.79. The molecule has 1 N–H and O–H groups in total. The topological polar surface area (TPSA) is 38.3 Å². The van der Waals surface area contributed by atoms with E-state index in [2.05, 4.69) is 19.2 Å².